The summed E-state index contributed by atoms with van der Waals surface area (Å²) in [5.74, 6) is -0.290. The first-order valence-corrected chi connectivity index (χ1v) is 6.21. The summed E-state index contributed by atoms with van der Waals surface area (Å²) in [7, 11) is 0. The predicted molar refractivity (Wildman–Crippen MR) is 70.8 cm³/mol. The third-order valence-corrected chi connectivity index (χ3v) is 3.17. The molecule has 1 aromatic rings. The van der Waals surface area contributed by atoms with Gasteiger partial charge in [-0.05, 0) is 26.0 Å². The van der Waals surface area contributed by atoms with Crippen LogP contribution in [0.15, 0.2) is 30.3 Å². The molecule has 2 rings (SSSR count). The zero-order valence-electron chi connectivity index (χ0n) is 11.0. The van der Waals surface area contributed by atoms with Gasteiger partial charge >= 0.3 is 6.03 Å². The molecule has 1 aliphatic heterocycles. The second kappa shape index (κ2) is 5.22. The van der Waals surface area contributed by atoms with Crippen molar-refractivity contribution in [3.63, 3.8) is 0 Å². The molecule has 5 nitrogen and oxygen atoms in total. The Bertz CT molecular complexity index is 513. The third-order valence-electron chi connectivity index (χ3n) is 3.17. The second-order valence-corrected chi connectivity index (χ2v) is 4.61. The molecule has 0 aliphatic carbocycles. The van der Waals surface area contributed by atoms with Crippen molar-refractivity contribution in [3.05, 3.63) is 30.3 Å². The standard InChI is InChI=1S/C14H16N2O3/c1-10(17)8-9-15-13(18)11(2)16(14(15)19)12-6-4-3-5-7-12/h3-7,11H,8-9H2,1-2H3. The molecule has 1 heterocycles. The van der Waals surface area contributed by atoms with Crippen LogP contribution in [0.4, 0.5) is 10.5 Å². The normalized spacial score (nSPS) is 19.2. The summed E-state index contributed by atoms with van der Waals surface area (Å²) >= 11 is 0. The number of carbonyl (C=O) groups excluding carboxylic acids is 3. The summed E-state index contributed by atoms with van der Waals surface area (Å²) in [5.41, 5.74) is 0.693. The van der Waals surface area contributed by atoms with Crippen LogP contribution in [-0.2, 0) is 9.59 Å². The molecule has 0 bridgehead atoms. The fourth-order valence-corrected chi connectivity index (χ4v) is 2.12. The maximum Gasteiger partial charge on any atom is 0.331 e. The number of benzene rings is 1. The summed E-state index contributed by atoms with van der Waals surface area (Å²) in [6.07, 6.45) is 0.201. The molecule has 0 spiro atoms. The van der Waals surface area contributed by atoms with Crippen molar-refractivity contribution < 1.29 is 14.4 Å². The molecule has 1 unspecified atom stereocenters. The third kappa shape index (κ3) is 2.50. The van der Waals surface area contributed by atoms with Crippen molar-refractivity contribution in [3.8, 4) is 0 Å². The Balaban J connectivity index is 2.22. The molecule has 0 aromatic heterocycles. The van der Waals surface area contributed by atoms with Gasteiger partial charge in [-0.2, -0.15) is 0 Å². The van der Waals surface area contributed by atoms with Crippen LogP contribution in [-0.4, -0.2) is 35.2 Å². The van der Waals surface area contributed by atoms with Gasteiger partial charge in [0.25, 0.3) is 5.91 Å². The van der Waals surface area contributed by atoms with Crippen LogP contribution in [0.25, 0.3) is 0 Å². The molecule has 1 fully saturated rings. The first-order chi connectivity index (χ1) is 9.02. The minimum atomic E-state index is -0.526. The summed E-state index contributed by atoms with van der Waals surface area (Å²) in [6.45, 7) is 3.30. The molecular formula is C14H16N2O3. The van der Waals surface area contributed by atoms with Crippen LogP contribution < -0.4 is 4.90 Å². The van der Waals surface area contributed by atoms with E-state index in [1.54, 1.807) is 19.1 Å². The Morgan fingerprint density at radius 1 is 1.21 bits per heavy atom. The molecule has 1 aromatic carbocycles. The average molecular weight is 260 g/mol. The zero-order chi connectivity index (χ0) is 14.0. The number of rotatable bonds is 4. The monoisotopic (exact) mass is 260 g/mol. The van der Waals surface area contributed by atoms with Gasteiger partial charge in [-0.25, -0.2) is 4.79 Å². The molecular weight excluding hydrogens is 244 g/mol. The maximum atomic E-state index is 12.3. The van der Waals surface area contributed by atoms with Gasteiger partial charge in [0.1, 0.15) is 11.8 Å². The average Bonchev–Trinajstić information content (AvgIpc) is 2.59. The number of ketones is 1. The van der Waals surface area contributed by atoms with Crippen LogP contribution >= 0.6 is 0 Å². The lowest BCUT2D eigenvalue weighted by molar-refractivity contribution is -0.127. The van der Waals surface area contributed by atoms with E-state index in [1.165, 1.54) is 11.8 Å². The molecule has 3 amide bonds. The number of hydrogen-bond donors (Lipinski definition) is 0. The molecule has 1 saturated heterocycles. The first kappa shape index (κ1) is 13.3. The van der Waals surface area contributed by atoms with E-state index in [4.69, 9.17) is 0 Å². The van der Waals surface area contributed by atoms with Crippen molar-refractivity contribution in [2.24, 2.45) is 0 Å². The van der Waals surface area contributed by atoms with Crippen LogP contribution in [0, 0.1) is 0 Å². The number of Topliss-reactive ketones (excluding diaryl/α,β-unsaturated/α-hetero) is 1. The van der Waals surface area contributed by atoms with Crippen molar-refractivity contribution in [2.45, 2.75) is 26.3 Å². The van der Waals surface area contributed by atoms with E-state index >= 15 is 0 Å². The molecule has 100 valence electrons. The van der Waals surface area contributed by atoms with E-state index in [2.05, 4.69) is 0 Å². The van der Waals surface area contributed by atoms with Crippen molar-refractivity contribution in [1.29, 1.82) is 0 Å². The van der Waals surface area contributed by atoms with Crippen molar-refractivity contribution in [1.82, 2.24) is 4.90 Å². The van der Waals surface area contributed by atoms with E-state index in [0.29, 0.717) is 5.69 Å². The SMILES string of the molecule is CC(=O)CCN1C(=O)C(C)N(c2ccccc2)C1=O. The van der Waals surface area contributed by atoms with Gasteiger partial charge in [0, 0.05) is 18.7 Å². The summed E-state index contributed by atoms with van der Waals surface area (Å²) in [4.78, 5) is 37.9. The zero-order valence-corrected chi connectivity index (χ0v) is 11.0. The number of para-hydroxylation sites is 1. The number of hydrogen-bond acceptors (Lipinski definition) is 3. The number of urea groups is 1. The summed E-state index contributed by atoms with van der Waals surface area (Å²) in [6, 6.07) is 8.18. The Morgan fingerprint density at radius 3 is 2.42 bits per heavy atom. The molecule has 0 N–H and O–H groups in total. The van der Waals surface area contributed by atoms with Crippen LogP contribution in [0.5, 0.6) is 0 Å². The molecule has 5 heteroatoms. The van der Waals surface area contributed by atoms with Gasteiger partial charge < -0.3 is 0 Å². The van der Waals surface area contributed by atoms with Gasteiger partial charge in [-0.1, -0.05) is 18.2 Å². The van der Waals surface area contributed by atoms with Crippen molar-refractivity contribution >= 4 is 23.4 Å². The Labute approximate surface area is 111 Å². The van der Waals surface area contributed by atoms with Gasteiger partial charge in [-0.15, -0.1) is 0 Å². The summed E-state index contributed by atoms with van der Waals surface area (Å²) < 4.78 is 0. The largest absolute Gasteiger partial charge is 0.331 e. The minimum Gasteiger partial charge on any atom is -0.300 e. The highest BCUT2D eigenvalue weighted by atomic mass is 16.2. The quantitative estimate of drug-likeness (QED) is 0.776. The molecule has 1 aliphatic rings. The molecule has 1 atom stereocenters. The first-order valence-electron chi connectivity index (χ1n) is 6.21. The number of carbonyl (C=O) groups is 3. The lowest BCUT2D eigenvalue weighted by Gasteiger charge is -2.19. The van der Waals surface area contributed by atoms with Gasteiger partial charge in [0.05, 0.1) is 0 Å². The number of imide groups is 1. The number of nitrogens with zero attached hydrogens (tertiary/aromatic N) is 2. The fourth-order valence-electron chi connectivity index (χ4n) is 2.12. The highest BCUT2D eigenvalue weighted by Gasteiger charge is 2.42. The number of amides is 3. The number of anilines is 1. The smallest absolute Gasteiger partial charge is 0.300 e. The Hall–Kier alpha value is -2.17. The highest BCUT2D eigenvalue weighted by Crippen LogP contribution is 2.25. The summed E-state index contributed by atoms with van der Waals surface area (Å²) in [5, 5.41) is 0. The van der Waals surface area contributed by atoms with Crippen molar-refractivity contribution in [2.75, 3.05) is 11.4 Å². The lowest BCUT2D eigenvalue weighted by atomic mass is 10.2. The molecule has 0 saturated carbocycles. The fraction of sp³-hybridized carbons (Fsp3) is 0.357. The second-order valence-electron chi connectivity index (χ2n) is 4.61. The van der Waals surface area contributed by atoms with E-state index in [-0.39, 0.29) is 30.7 Å². The van der Waals surface area contributed by atoms with E-state index in [1.807, 2.05) is 18.2 Å². The Kier molecular flexibility index (Phi) is 3.64. The van der Waals surface area contributed by atoms with Crippen LogP contribution in [0.3, 0.4) is 0 Å². The van der Waals surface area contributed by atoms with E-state index in [9.17, 15) is 14.4 Å². The predicted octanol–water partition coefficient (Wildman–Crippen LogP) is 1.82. The van der Waals surface area contributed by atoms with Gasteiger partial charge in [0.15, 0.2) is 0 Å². The Morgan fingerprint density at radius 2 is 1.84 bits per heavy atom. The highest BCUT2D eigenvalue weighted by molar-refractivity contribution is 6.14. The van der Waals surface area contributed by atoms with Crippen LogP contribution in [0.2, 0.25) is 0 Å². The van der Waals surface area contributed by atoms with Gasteiger partial charge in [0.2, 0.25) is 0 Å². The van der Waals surface area contributed by atoms with Crippen LogP contribution in [0.1, 0.15) is 20.3 Å². The molecule has 0 radical (unpaired) electrons. The lowest BCUT2D eigenvalue weighted by Crippen LogP contribution is -2.34. The molecule has 19 heavy (non-hydrogen) atoms. The topological polar surface area (TPSA) is 57.7 Å². The minimum absolute atomic E-state index is 0.0357. The van der Waals surface area contributed by atoms with Gasteiger partial charge in [-0.3, -0.25) is 19.4 Å². The van der Waals surface area contributed by atoms with E-state index in [0.717, 1.165) is 4.90 Å². The maximum absolute atomic E-state index is 12.3. The van der Waals surface area contributed by atoms with E-state index < -0.39 is 6.04 Å².